The Morgan fingerprint density at radius 1 is 0.839 bits per heavy atom. The van der Waals surface area contributed by atoms with Gasteiger partial charge in [0.2, 0.25) is 0 Å². The van der Waals surface area contributed by atoms with Crippen molar-refractivity contribution in [2.45, 2.75) is 44.2 Å². The fourth-order valence-electron chi connectivity index (χ4n) is 5.04. The molecular weight excluding hydrogens is 391 g/mol. The van der Waals surface area contributed by atoms with Gasteiger partial charge in [-0.3, -0.25) is 4.90 Å². The first-order valence-electron chi connectivity index (χ1n) is 11.4. The van der Waals surface area contributed by atoms with Crippen LogP contribution in [0.1, 0.15) is 55.6 Å². The highest BCUT2D eigenvalue weighted by Crippen LogP contribution is 2.34. The van der Waals surface area contributed by atoms with E-state index in [0.717, 1.165) is 44.8 Å². The molecule has 7 heteroatoms. The minimum absolute atomic E-state index is 0.198. The van der Waals surface area contributed by atoms with Crippen LogP contribution in [-0.2, 0) is 0 Å². The van der Waals surface area contributed by atoms with Gasteiger partial charge in [0, 0.05) is 37.4 Å². The Morgan fingerprint density at radius 3 is 2.29 bits per heavy atom. The Kier molecular flexibility index (Phi) is 5.93. The lowest BCUT2D eigenvalue weighted by Crippen LogP contribution is -2.48. The molecule has 1 aliphatic carbocycles. The highest BCUT2D eigenvalue weighted by atomic mass is 19.1. The summed E-state index contributed by atoms with van der Waals surface area (Å²) in [6.45, 7) is 3.43. The summed E-state index contributed by atoms with van der Waals surface area (Å²) >= 11 is 0. The van der Waals surface area contributed by atoms with Crippen molar-refractivity contribution in [2.24, 2.45) is 0 Å². The molecule has 162 valence electrons. The fourth-order valence-corrected chi connectivity index (χ4v) is 5.04. The maximum Gasteiger partial charge on any atom is 0.173 e. The van der Waals surface area contributed by atoms with Gasteiger partial charge in [-0.15, -0.1) is 5.10 Å². The molecule has 6 nitrogen and oxygen atoms in total. The molecule has 0 N–H and O–H groups in total. The van der Waals surface area contributed by atoms with E-state index in [1.165, 1.54) is 31.0 Å². The van der Waals surface area contributed by atoms with Crippen molar-refractivity contribution >= 4 is 5.69 Å². The first-order valence-corrected chi connectivity index (χ1v) is 11.4. The van der Waals surface area contributed by atoms with Crippen molar-refractivity contribution in [3.05, 3.63) is 71.8 Å². The number of aromatic nitrogens is 4. The number of tetrazole rings is 1. The van der Waals surface area contributed by atoms with Crippen molar-refractivity contribution in [3.8, 4) is 0 Å². The summed E-state index contributed by atoms with van der Waals surface area (Å²) in [6.07, 6.45) is 5.84. The quantitative estimate of drug-likeness (QED) is 0.618. The highest BCUT2D eigenvalue weighted by molar-refractivity contribution is 5.46. The van der Waals surface area contributed by atoms with E-state index in [4.69, 9.17) is 0 Å². The largest absolute Gasteiger partial charge is 0.369 e. The van der Waals surface area contributed by atoms with E-state index in [1.807, 2.05) is 22.9 Å². The first kappa shape index (κ1) is 20.1. The average molecular weight is 421 g/mol. The minimum Gasteiger partial charge on any atom is -0.369 e. The van der Waals surface area contributed by atoms with Crippen molar-refractivity contribution in [2.75, 3.05) is 31.1 Å². The van der Waals surface area contributed by atoms with Crippen LogP contribution in [0.4, 0.5) is 10.1 Å². The summed E-state index contributed by atoms with van der Waals surface area (Å²) in [5.74, 6) is 0.571. The van der Waals surface area contributed by atoms with Crippen molar-refractivity contribution < 1.29 is 4.39 Å². The molecule has 0 unspecified atom stereocenters. The summed E-state index contributed by atoms with van der Waals surface area (Å²) in [4.78, 5) is 4.72. The maximum atomic E-state index is 15.0. The molecule has 3 aromatic rings. The lowest BCUT2D eigenvalue weighted by atomic mass is 9.95. The molecule has 1 saturated carbocycles. The summed E-state index contributed by atoms with van der Waals surface area (Å²) in [5, 5.41) is 12.8. The average Bonchev–Trinajstić information content (AvgIpc) is 3.32. The molecule has 2 heterocycles. The van der Waals surface area contributed by atoms with Gasteiger partial charge < -0.3 is 4.90 Å². The minimum atomic E-state index is -0.281. The van der Waals surface area contributed by atoms with E-state index in [2.05, 4.69) is 49.6 Å². The molecule has 5 rings (SSSR count). The van der Waals surface area contributed by atoms with Gasteiger partial charge in [0.15, 0.2) is 5.82 Å². The summed E-state index contributed by atoms with van der Waals surface area (Å²) < 4.78 is 17.0. The van der Waals surface area contributed by atoms with E-state index in [9.17, 15) is 4.39 Å². The van der Waals surface area contributed by atoms with Crippen molar-refractivity contribution in [1.29, 1.82) is 0 Å². The zero-order valence-electron chi connectivity index (χ0n) is 17.8. The topological polar surface area (TPSA) is 50.1 Å². The molecule has 0 radical (unpaired) electrons. The van der Waals surface area contributed by atoms with Gasteiger partial charge in [-0.25, -0.2) is 9.07 Å². The lowest BCUT2D eigenvalue weighted by Gasteiger charge is -2.40. The third-order valence-electron chi connectivity index (χ3n) is 6.68. The maximum absolute atomic E-state index is 15.0. The van der Waals surface area contributed by atoms with E-state index < -0.39 is 0 Å². The second-order valence-corrected chi connectivity index (χ2v) is 8.56. The third-order valence-corrected chi connectivity index (χ3v) is 6.68. The lowest BCUT2D eigenvalue weighted by molar-refractivity contribution is 0.190. The van der Waals surface area contributed by atoms with Gasteiger partial charge in [0.1, 0.15) is 11.9 Å². The third kappa shape index (κ3) is 4.19. The molecule has 2 aliphatic rings. The summed E-state index contributed by atoms with van der Waals surface area (Å²) in [5.41, 5.74) is 1.89. The summed E-state index contributed by atoms with van der Waals surface area (Å²) in [7, 11) is 0. The Bertz CT molecular complexity index is 976. The van der Waals surface area contributed by atoms with E-state index in [-0.39, 0.29) is 11.9 Å². The molecule has 0 amide bonds. The van der Waals surface area contributed by atoms with Crippen molar-refractivity contribution in [3.63, 3.8) is 0 Å². The van der Waals surface area contributed by atoms with Crippen LogP contribution in [0.15, 0.2) is 54.6 Å². The van der Waals surface area contributed by atoms with E-state index >= 15 is 0 Å². The van der Waals surface area contributed by atoms with Crippen LogP contribution in [0.5, 0.6) is 0 Å². The SMILES string of the molecule is Fc1ccccc1[C@H](c1nnnn1C1CCCCC1)N1CCN(c2ccccc2)CC1. The highest BCUT2D eigenvalue weighted by Gasteiger charge is 2.34. The van der Waals surface area contributed by atoms with Crippen molar-refractivity contribution in [1.82, 2.24) is 25.1 Å². The van der Waals surface area contributed by atoms with Gasteiger partial charge in [-0.1, -0.05) is 55.7 Å². The molecule has 1 saturated heterocycles. The number of hydrogen-bond donors (Lipinski definition) is 0. The second kappa shape index (κ2) is 9.14. The van der Waals surface area contributed by atoms with Gasteiger partial charge in [-0.05, 0) is 41.5 Å². The molecule has 2 aromatic carbocycles. The molecule has 0 bridgehead atoms. The smallest absolute Gasteiger partial charge is 0.173 e. The summed E-state index contributed by atoms with van der Waals surface area (Å²) in [6, 6.07) is 17.6. The first-order chi connectivity index (χ1) is 15.3. The molecule has 1 atom stereocenters. The Hall–Kier alpha value is -2.80. The van der Waals surface area contributed by atoms with Gasteiger partial charge in [-0.2, -0.15) is 0 Å². The molecule has 1 aromatic heterocycles. The van der Waals surface area contributed by atoms with Gasteiger partial charge in [0.05, 0.1) is 6.04 Å². The second-order valence-electron chi connectivity index (χ2n) is 8.56. The Balaban J connectivity index is 1.44. The van der Waals surface area contributed by atoms with Gasteiger partial charge in [0.25, 0.3) is 0 Å². The van der Waals surface area contributed by atoms with E-state index in [0.29, 0.717) is 11.6 Å². The normalized spacial score (nSPS) is 19.5. The molecule has 0 spiro atoms. The standard InChI is InChI=1S/C24H29FN6/c25-22-14-8-7-13-21(22)23(24-26-27-28-31(24)20-11-5-2-6-12-20)30-17-15-29(16-18-30)19-9-3-1-4-10-19/h1,3-4,7-10,13-14,20,23H,2,5-6,11-12,15-18H2/t23-/m1/s1. The van der Waals surface area contributed by atoms with Crippen LogP contribution in [0.25, 0.3) is 0 Å². The molecule has 31 heavy (non-hydrogen) atoms. The Morgan fingerprint density at radius 2 is 1.55 bits per heavy atom. The zero-order chi connectivity index (χ0) is 21.0. The molecular formula is C24H29FN6. The predicted molar refractivity (Wildman–Crippen MR) is 118 cm³/mol. The fraction of sp³-hybridized carbons (Fsp3) is 0.458. The van der Waals surface area contributed by atoms with Gasteiger partial charge >= 0.3 is 0 Å². The predicted octanol–water partition coefficient (Wildman–Crippen LogP) is 4.23. The number of rotatable bonds is 5. The van der Waals surface area contributed by atoms with E-state index in [1.54, 1.807) is 6.07 Å². The Labute approximate surface area is 182 Å². The number of anilines is 1. The molecule has 1 aliphatic heterocycles. The van der Waals surface area contributed by atoms with Crippen LogP contribution in [0.2, 0.25) is 0 Å². The van der Waals surface area contributed by atoms with Crippen LogP contribution < -0.4 is 4.90 Å². The number of halogens is 1. The van der Waals surface area contributed by atoms with Crippen LogP contribution >= 0.6 is 0 Å². The van der Waals surface area contributed by atoms with Crippen LogP contribution in [-0.4, -0.2) is 51.3 Å². The number of benzene rings is 2. The number of para-hydroxylation sites is 1. The number of piperazine rings is 1. The van der Waals surface area contributed by atoms with Crippen LogP contribution in [0, 0.1) is 5.82 Å². The molecule has 2 fully saturated rings. The zero-order valence-corrected chi connectivity index (χ0v) is 17.8. The number of nitrogens with zero attached hydrogens (tertiary/aromatic N) is 6. The monoisotopic (exact) mass is 420 g/mol. The number of hydrogen-bond acceptors (Lipinski definition) is 5. The van der Waals surface area contributed by atoms with Crippen LogP contribution in [0.3, 0.4) is 0 Å².